The highest BCUT2D eigenvalue weighted by Gasteiger charge is 1.90. The van der Waals surface area contributed by atoms with Crippen LogP contribution in [0.25, 0.3) is 0 Å². The van der Waals surface area contributed by atoms with Gasteiger partial charge in [-0.3, -0.25) is 0 Å². The maximum absolute atomic E-state index is 8.58. The van der Waals surface area contributed by atoms with Gasteiger partial charge in [0.05, 0.1) is 0 Å². The summed E-state index contributed by atoms with van der Waals surface area (Å²) in [6, 6.07) is 0. The second-order valence-electron chi connectivity index (χ2n) is 3.15. The van der Waals surface area contributed by atoms with Gasteiger partial charge in [0.1, 0.15) is 0 Å². The van der Waals surface area contributed by atoms with Crippen molar-refractivity contribution < 1.29 is 5.11 Å². The van der Waals surface area contributed by atoms with Crippen LogP contribution in [-0.2, 0) is 0 Å². The highest BCUT2D eigenvalue weighted by Crippen LogP contribution is 1.96. The first-order chi connectivity index (χ1) is 6.85. The number of nitrogens with one attached hydrogen (secondary N) is 1. The van der Waals surface area contributed by atoms with Crippen molar-refractivity contribution in [3.63, 3.8) is 0 Å². The molecule has 0 radical (unpaired) electrons. The van der Waals surface area contributed by atoms with E-state index in [1.807, 2.05) is 6.08 Å². The minimum Gasteiger partial charge on any atom is -0.396 e. The Balaban J connectivity index is 3.47. The Bertz CT molecular complexity index is 167. The van der Waals surface area contributed by atoms with Gasteiger partial charge in [0.2, 0.25) is 0 Å². The average Bonchev–Trinajstić information content (AvgIpc) is 2.22. The number of rotatable bonds is 9. The topological polar surface area (TPSA) is 58.3 Å². The lowest BCUT2D eigenvalue weighted by atomic mass is 10.2. The van der Waals surface area contributed by atoms with E-state index in [4.69, 9.17) is 10.8 Å². The number of hydrogen-bond donors (Lipinski definition) is 3. The van der Waals surface area contributed by atoms with E-state index in [1.54, 1.807) is 0 Å². The summed E-state index contributed by atoms with van der Waals surface area (Å²) in [4.78, 5) is 0. The zero-order valence-corrected chi connectivity index (χ0v) is 8.84. The molecule has 0 aromatic carbocycles. The van der Waals surface area contributed by atoms with E-state index < -0.39 is 0 Å². The number of aliphatic hydroxyl groups excluding tert-OH is 1. The van der Waals surface area contributed by atoms with Crippen molar-refractivity contribution in [3.8, 4) is 0 Å². The van der Waals surface area contributed by atoms with Gasteiger partial charge in [0.15, 0.2) is 0 Å². The van der Waals surface area contributed by atoms with Crippen LogP contribution in [0.15, 0.2) is 24.4 Å². The van der Waals surface area contributed by atoms with Gasteiger partial charge in [-0.1, -0.05) is 12.7 Å². The van der Waals surface area contributed by atoms with E-state index in [0.29, 0.717) is 6.54 Å². The van der Waals surface area contributed by atoms with Gasteiger partial charge in [-0.15, -0.1) is 0 Å². The Labute approximate surface area is 86.7 Å². The van der Waals surface area contributed by atoms with Crippen LogP contribution in [0.3, 0.4) is 0 Å². The smallest absolute Gasteiger partial charge is 0.0431 e. The molecule has 4 N–H and O–H groups in total. The second-order valence-corrected chi connectivity index (χ2v) is 3.15. The van der Waals surface area contributed by atoms with Crippen molar-refractivity contribution in [1.29, 1.82) is 0 Å². The van der Waals surface area contributed by atoms with Crippen LogP contribution >= 0.6 is 0 Å². The molecule has 0 fully saturated rings. The van der Waals surface area contributed by atoms with Crippen molar-refractivity contribution in [3.05, 3.63) is 24.4 Å². The Morgan fingerprint density at radius 1 is 1.36 bits per heavy atom. The quantitative estimate of drug-likeness (QED) is 0.385. The molecule has 0 saturated carbocycles. The van der Waals surface area contributed by atoms with E-state index in [-0.39, 0.29) is 6.61 Å². The third kappa shape index (κ3) is 7.83. The molecular formula is C11H22N2O. The molecule has 3 heteroatoms. The number of unbranched alkanes of at least 4 members (excludes halogenated alkanes) is 2. The Morgan fingerprint density at radius 2 is 2.14 bits per heavy atom. The molecular weight excluding hydrogens is 176 g/mol. The van der Waals surface area contributed by atoms with Crippen molar-refractivity contribution >= 4 is 0 Å². The third-order valence-corrected chi connectivity index (χ3v) is 1.91. The molecule has 0 bridgehead atoms. The zero-order valence-electron chi connectivity index (χ0n) is 8.84. The fourth-order valence-electron chi connectivity index (χ4n) is 1.11. The molecule has 14 heavy (non-hydrogen) atoms. The minimum atomic E-state index is 0.289. The van der Waals surface area contributed by atoms with Gasteiger partial charge in [-0.2, -0.15) is 0 Å². The molecule has 0 amide bonds. The number of allylic oxidation sites excluding steroid dienone is 1. The average molecular weight is 198 g/mol. The lowest BCUT2D eigenvalue weighted by Crippen LogP contribution is -2.13. The van der Waals surface area contributed by atoms with Crippen molar-refractivity contribution in [1.82, 2.24) is 5.32 Å². The summed E-state index contributed by atoms with van der Waals surface area (Å²) in [6.45, 7) is 5.61. The second kappa shape index (κ2) is 10.3. The van der Waals surface area contributed by atoms with Crippen molar-refractivity contribution in [2.45, 2.75) is 25.7 Å². The van der Waals surface area contributed by atoms with Gasteiger partial charge in [-0.25, -0.2) is 0 Å². The summed E-state index contributed by atoms with van der Waals surface area (Å²) in [6.07, 6.45) is 7.77. The van der Waals surface area contributed by atoms with Crippen LogP contribution in [0, 0.1) is 0 Å². The Hall–Kier alpha value is -0.800. The zero-order chi connectivity index (χ0) is 10.6. The molecule has 0 aliphatic rings. The molecule has 82 valence electrons. The van der Waals surface area contributed by atoms with E-state index in [2.05, 4.69) is 18.0 Å². The van der Waals surface area contributed by atoms with Gasteiger partial charge in [-0.05, 0) is 38.3 Å². The van der Waals surface area contributed by atoms with Crippen LogP contribution in [0.5, 0.6) is 0 Å². The lowest BCUT2D eigenvalue weighted by molar-refractivity contribution is 0.283. The third-order valence-electron chi connectivity index (χ3n) is 1.91. The van der Waals surface area contributed by atoms with Crippen LogP contribution in [0.2, 0.25) is 0 Å². The predicted octanol–water partition coefficient (Wildman–Crippen LogP) is 1.16. The minimum absolute atomic E-state index is 0.289. The molecule has 0 aliphatic heterocycles. The predicted molar refractivity (Wildman–Crippen MR) is 60.9 cm³/mol. The van der Waals surface area contributed by atoms with Gasteiger partial charge < -0.3 is 16.2 Å². The summed E-state index contributed by atoms with van der Waals surface area (Å²) in [7, 11) is 0. The maximum atomic E-state index is 8.58. The summed E-state index contributed by atoms with van der Waals surface area (Å²) in [5, 5.41) is 11.8. The molecule has 0 rings (SSSR count). The van der Waals surface area contributed by atoms with Crippen LogP contribution < -0.4 is 11.1 Å². The molecule has 0 aromatic rings. The van der Waals surface area contributed by atoms with E-state index in [0.717, 1.165) is 37.9 Å². The first-order valence-electron chi connectivity index (χ1n) is 5.22. The largest absolute Gasteiger partial charge is 0.396 e. The van der Waals surface area contributed by atoms with Crippen molar-refractivity contribution in [2.24, 2.45) is 5.73 Å². The molecule has 0 spiro atoms. The first kappa shape index (κ1) is 13.2. The van der Waals surface area contributed by atoms with Gasteiger partial charge in [0, 0.05) is 18.8 Å². The SMILES string of the molecule is C=C/C(=C\CCN)NCCCCCO. The molecule has 0 heterocycles. The molecule has 0 unspecified atom stereocenters. The Morgan fingerprint density at radius 3 is 2.71 bits per heavy atom. The summed E-state index contributed by atoms with van der Waals surface area (Å²) >= 11 is 0. The van der Waals surface area contributed by atoms with E-state index in [9.17, 15) is 0 Å². The summed E-state index contributed by atoms with van der Waals surface area (Å²) < 4.78 is 0. The maximum Gasteiger partial charge on any atom is 0.0431 e. The monoisotopic (exact) mass is 198 g/mol. The number of hydrogen-bond acceptors (Lipinski definition) is 3. The normalized spacial score (nSPS) is 11.4. The van der Waals surface area contributed by atoms with Crippen LogP contribution in [0.4, 0.5) is 0 Å². The van der Waals surface area contributed by atoms with Crippen LogP contribution in [0.1, 0.15) is 25.7 Å². The first-order valence-corrected chi connectivity index (χ1v) is 5.22. The molecule has 0 saturated heterocycles. The molecule has 0 aliphatic carbocycles. The molecule has 0 aromatic heterocycles. The van der Waals surface area contributed by atoms with Crippen LogP contribution in [-0.4, -0.2) is 24.8 Å². The fraction of sp³-hybridized carbons (Fsp3) is 0.636. The van der Waals surface area contributed by atoms with E-state index >= 15 is 0 Å². The number of aliphatic hydroxyl groups is 1. The molecule has 0 atom stereocenters. The Kier molecular flexibility index (Phi) is 9.69. The van der Waals surface area contributed by atoms with E-state index in [1.165, 1.54) is 0 Å². The van der Waals surface area contributed by atoms with Gasteiger partial charge in [0.25, 0.3) is 0 Å². The fourth-order valence-corrected chi connectivity index (χ4v) is 1.11. The highest BCUT2D eigenvalue weighted by molar-refractivity contribution is 5.13. The highest BCUT2D eigenvalue weighted by atomic mass is 16.2. The van der Waals surface area contributed by atoms with Gasteiger partial charge >= 0.3 is 0 Å². The molecule has 3 nitrogen and oxygen atoms in total. The van der Waals surface area contributed by atoms with Crippen molar-refractivity contribution in [2.75, 3.05) is 19.7 Å². The lowest BCUT2D eigenvalue weighted by Gasteiger charge is -2.06. The summed E-state index contributed by atoms with van der Waals surface area (Å²) in [5.74, 6) is 0. The standard InChI is InChI=1S/C11H22N2O/c1-2-11(7-6-8-12)13-9-4-3-5-10-14/h2,7,13-14H,1,3-6,8-10,12H2/b11-7+. The number of nitrogens with two attached hydrogens (primary N) is 1. The summed E-state index contributed by atoms with van der Waals surface area (Å²) in [5.41, 5.74) is 6.45.